The number of ketones is 1. The lowest BCUT2D eigenvalue weighted by Crippen LogP contribution is -2.57. The first-order chi connectivity index (χ1) is 14.5. The molecule has 4 N–H and O–H groups in total. The lowest BCUT2D eigenvalue weighted by atomic mass is 10.1. The number of Topliss-reactive ketones (excluding diaryl/α,β-unsaturated/α-hetero) is 1. The molecule has 2 fully saturated rings. The average Bonchev–Trinajstić information content (AvgIpc) is 3.21. The maximum absolute atomic E-state index is 13.1. The van der Waals surface area contributed by atoms with Crippen LogP contribution in [-0.2, 0) is 4.79 Å². The molecular formula is C21H25ClN6O2. The van der Waals surface area contributed by atoms with Crippen molar-refractivity contribution in [1.82, 2.24) is 21.3 Å². The fourth-order valence-electron chi connectivity index (χ4n) is 3.73. The van der Waals surface area contributed by atoms with E-state index in [1.165, 1.54) is 0 Å². The summed E-state index contributed by atoms with van der Waals surface area (Å²) in [6.07, 6.45) is -0.312. The van der Waals surface area contributed by atoms with Crippen molar-refractivity contribution in [2.45, 2.75) is 19.1 Å². The number of hydrogen-bond acceptors (Lipinski definition) is 7. The Morgan fingerprint density at radius 3 is 2.43 bits per heavy atom. The zero-order chi connectivity index (χ0) is 21.1. The van der Waals surface area contributed by atoms with Gasteiger partial charge in [0.2, 0.25) is 5.91 Å². The minimum atomic E-state index is -0.453. The summed E-state index contributed by atoms with van der Waals surface area (Å²) in [5.74, 6) is 0.0859. The van der Waals surface area contributed by atoms with Gasteiger partial charge in [-0.05, 0) is 49.4 Å². The highest BCUT2D eigenvalue weighted by molar-refractivity contribution is 6.30. The molecule has 0 aliphatic carbocycles. The summed E-state index contributed by atoms with van der Waals surface area (Å²) in [5.41, 5.74) is 11.5. The molecule has 2 aromatic carbocycles. The molecule has 158 valence electrons. The molecule has 0 bridgehead atoms. The van der Waals surface area contributed by atoms with Gasteiger partial charge in [-0.25, -0.2) is 10.9 Å². The first-order valence-corrected chi connectivity index (χ1v) is 10.3. The van der Waals surface area contributed by atoms with Gasteiger partial charge in [-0.15, -0.1) is 0 Å². The van der Waals surface area contributed by atoms with E-state index in [1.807, 2.05) is 47.4 Å². The number of rotatable bonds is 5. The van der Waals surface area contributed by atoms with Gasteiger partial charge in [0.15, 0.2) is 5.78 Å². The Morgan fingerprint density at radius 2 is 1.77 bits per heavy atom. The molecule has 9 heteroatoms. The minimum Gasteiger partial charge on any atom is -0.368 e. The van der Waals surface area contributed by atoms with Crippen molar-refractivity contribution in [3.8, 4) is 0 Å². The highest BCUT2D eigenvalue weighted by Crippen LogP contribution is 2.20. The van der Waals surface area contributed by atoms with Gasteiger partial charge in [-0.1, -0.05) is 17.7 Å². The Kier molecular flexibility index (Phi) is 6.19. The Labute approximate surface area is 180 Å². The zero-order valence-electron chi connectivity index (χ0n) is 16.7. The lowest BCUT2D eigenvalue weighted by molar-refractivity contribution is -0.133. The SMILES string of the molecule is CC(=O)c1ccc(N2CCN(C(=O)C3NNNC3Nc3cccc(Cl)c3)CC2)cc1. The summed E-state index contributed by atoms with van der Waals surface area (Å²) in [5, 5.41) is 3.93. The van der Waals surface area contributed by atoms with E-state index in [2.05, 4.69) is 26.6 Å². The Morgan fingerprint density at radius 1 is 1.03 bits per heavy atom. The van der Waals surface area contributed by atoms with Gasteiger partial charge in [0.25, 0.3) is 0 Å². The van der Waals surface area contributed by atoms with E-state index in [0.717, 1.165) is 24.5 Å². The number of halogens is 1. The van der Waals surface area contributed by atoms with Crippen molar-refractivity contribution in [2.75, 3.05) is 36.4 Å². The van der Waals surface area contributed by atoms with Crippen LogP contribution in [0.15, 0.2) is 48.5 Å². The van der Waals surface area contributed by atoms with Crippen LogP contribution in [0.5, 0.6) is 0 Å². The molecule has 0 saturated carbocycles. The fraction of sp³-hybridized carbons (Fsp3) is 0.333. The molecule has 2 atom stereocenters. The number of amides is 1. The molecule has 8 nitrogen and oxygen atoms in total. The molecule has 0 aromatic heterocycles. The van der Waals surface area contributed by atoms with E-state index >= 15 is 0 Å². The van der Waals surface area contributed by atoms with E-state index in [-0.39, 0.29) is 17.9 Å². The average molecular weight is 429 g/mol. The van der Waals surface area contributed by atoms with Gasteiger partial charge in [0.1, 0.15) is 12.2 Å². The van der Waals surface area contributed by atoms with E-state index in [4.69, 9.17) is 11.6 Å². The number of carbonyl (C=O) groups is 2. The Balaban J connectivity index is 1.34. The standard InChI is InChI=1S/C21H25ClN6O2/c1-14(29)15-5-7-18(8-6-15)27-9-11-28(12-10-27)21(30)19-20(25-26-24-19)23-17-4-2-3-16(22)13-17/h2-8,13,19-20,23-26H,9-12H2,1H3. The van der Waals surface area contributed by atoms with Gasteiger partial charge < -0.3 is 15.1 Å². The van der Waals surface area contributed by atoms with Crippen LogP contribution in [0.2, 0.25) is 5.02 Å². The van der Waals surface area contributed by atoms with Crippen LogP contribution in [0.25, 0.3) is 0 Å². The van der Waals surface area contributed by atoms with E-state index in [9.17, 15) is 9.59 Å². The van der Waals surface area contributed by atoms with Gasteiger partial charge in [0.05, 0.1) is 0 Å². The molecule has 1 amide bonds. The van der Waals surface area contributed by atoms with Crippen LogP contribution in [0.3, 0.4) is 0 Å². The summed E-state index contributed by atoms with van der Waals surface area (Å²) in [6, 6.07) is 14.6. The summed E-state index contributed by atoms with van der Waals surface area (Å²) in [4.78, 5) is 28.6. The number of benzene rings is 2. The first kappa shape index (κ1) is 20.6. The molecular weight excluding hydrogens is 404 g/mol. The molecule has 2 heterocycles. The summed E-state index contributed by atoms with van der Waals surface area (Å²) >= 11 is 6.05. The highest BCUT2D eigenvalue weighted by Gasteiger charge is 2.36. The number of hydrogen-bond donors (Lipinski definition) is 4. The third-order valence-corrected chi connectivity index (χ3v) is 5.67. The van der Waals surface area contributed by atoms with Gasteiger partial charge in [0, 0.05) is 48.1 Å². The van der Waals surface area contributed by atoms with Crippen molar-refractivity contribution in [3.63, 3.8) is 0 Å². The molecule has 2 aliphatic rings. The van der Waals surface area contributed by atoms with E-state index in [0.29, 0.717) is 23.7 Å². The number of nitrogens with zero attached hydrogens (tertiary/aromatic N) is 2. The van der Waals surface area contributed by atoms with Crippen LogP contribution in [0, 0.1) is 0 Å². The van der Waals surface area contributed by atoms with Crippen molar-refractivity contribution in [3.05, 3.63) is 59.1 Å². The maximum Gasteiger partial charge on any atom is 0.244 e. The molecule has 2 aromatic rings. The Hall–Kier alpha value is -2.65. The highest BCUT2D eigenvalue weighted by atomic mass is 35.5. The normalized spacial score (nSPS) is 21.5. The summed E-state index contributed by atoms with van der Waals surface area (Å²) < 4.78 is 0. The van der Waals surface area contributed by atoms with E-state index in [1.54, 1.807) is 13.0 Å². The van der Waals surface area contributed by atoms with Crippen molar-refractivity contribution >= 4 is 34.7 Å². The second-order valence-electron chi connectivity index (χ2n) is 7.44. The fourth-order valence-corrected chi connectivity index (χ4v) is 3.92. The molecule has 0 spiro atoms. The van der Waals surface area contributed by atoms with Gasteiger partial charge >= 0.3 is 0 Å². The summed E-state index contributed by atoms with van der Waals surface area (Å²) in [6.45, 7) is 4.32. The van der Waals surface area contributed by atoms with E-state index < -0.39 is 6.04 Å². The lowest BCUT2D eigenvalue weighted by Gasteiger charge is -2.37. The largest absolute Gasteiger partial charge is 0.368 e. The molecule has 2 aliphatic heterocycles. The molecule has 0 radical (unpaired) electrons. The molecule has 30 heavy (non-hydrogen) atoms. The number of nitrogens with one attached hydrogen (secondary N) is 4. The number of carbonyl (C=O) groups excluding carboxylic acids is 2. The van der Waals surface area contributed by atoms with Crippen LogP contribution in [0.1, 0.15) is 17.3 Å². The van der Waals surface area contributed by atoms with Crippen LogP contribution >= 0.6 is 11.6 Å². The van der Waals surface area contributed by atoms with Crippen molar-refractivity contribution in [2.24, 2.45) is 0 Å². The smallest absolute Gasteiger partial charge is 0.244 e. The quantitative estimate of drug-likeness (QED) is 0.538. The zero-order valence-corrected chi connectivity index (χ0v) is 17.4. The molecule has 2 saturated heterocycles. The topological polar surface area (TPSA) is 88.7 Å². The second kappa shape index (κ2) is 9.01. The second-order valence-corrected chi connectivity index (χ2v) is 7.88. The maximum atomic E-state index is 13.1. The number of hydrazine groups is 2. The molecule has 4 rings (SSSR count). The van der Waals surface area contributed by atoms with Crippen LogP contribution < -0.4 is 26.6 Å². The van der Waals surface area contributed by atoms with Crippen LogP contribution in [-0.4, -0.2) is 55.0 Å². The number of piperazine rings is 1. The molecule has 2 unspecified atom stereocenters. The predicted molar refractivity (Wildman–Crippen MR) is 117 cm³/mol. The van der Waals surface area contributed by atoms with Crippen molar-refractivity contribution < 1.29 is 9.59 Å². The first-order valence-electron chi connectivity index (χ1n) is 9.94. The predicted octanol–water partition coefficient (Wildman–Crippen LogP) is 1.61. The monoisotopic (exact) mass is 428 g/mol. The van der Waals surface area contributed by atoms with Crippen LogP contribution in [0.4, 0.5) is 11.4 Å². The summed E-state index contributed by atoms with van der Waals surface area (Å²) in [7, 11) is 0. The van der Waals surface area contributed by atoms with Crippen molar-refractivity contribution in [1.29, 1.82) is 0 Å². The van der Waals surface area contributed by atoms with Gasteiger partial charge in [-0.2, -0.15) is 5.53 Å². The third kappa shape index (κ3) is 4.57. The Bertz CT molecular complexity index is 914. The number of anilines is 2. The third-order valence-electron chi connectivity index (χ3n) is 5.43. The van der Waals surface area contributed by atoms with Gasteiger partial charge in [-0.3, -0.25) is 9.59 Å². The minimum absolute atomic E-state index is 0.0265.